The van der Waals surface area contributed by atoms with Crippen LogP contribution in [0.5, 0.6) is 0 Å². The normalized spacial score (nSPS) is 19.2. The molecule has 3 N–H and O–H groups in total. The summed E-state index contributed by atoms with van der Waals surface area (Å²) in [6.45, 7) is 4.64. The highest BCUT2D eigenvalue weighted by molar-refractivity contribution is 7.80. The molecule has 0 amide bonds. The SMILES string of the molecule is CCN1CCCC1CNc1c(F)cc(C(N)=S)cc1F. The summed E-state index contributed by atoms with van der Waals surface area (Å²) in [5, 5.41) is 2.88. The van der Waals surface area contributed by atoms with Crippen LogP contribution in [0, 0.1) is 11.6 Å². The summed E-state index contributed by atoms with van der Waals surface area (Å²) in [6, 6.07) is 2.66. The van der Waals surface area contributed by atoms with E-state index in [1.165, 1.54) is 12.1 Å². The van der Waals surface area contributed by atoms with Gasteiger partial charge in [-0.25, -0.2) is 8.78 Å². The number of nitrogens with one attached hydrogen (secondary N) is 1. The van der Waals surface area contributed by atoms with Gasteiger partial charge in [0, 0.05) is 18.2 Å². The first-order valence-electron chi connectivity index (χ1n) is 6.79. The van der Waals surface area contributed by atoms with Crippen molar-refractivity contribution in [1.82, 2.24) is 4.90 Å². The van der Waals surface area contributed by atoms with Crippen LogP contribution in [0.25, 0.3) is 0 Å². The fraction of sp³-hybridized carbons (Fsp3) is 0.500. The van der Waals surface area contributed by atoms with Crippen molar-refractivity contribution >= 4 is 22.9 Å². The Labute approximate surface area is 123 Å². The van der Waals surface area contributed by atoms with E-state index in [4.69, 9.17) is 18.0 Å². The van der Waals surface area contributed by atoms with Crippen LogP contribution in [0.15, 0.2) is 12.1 Å². The number of likely N-dealkylation sites (tertiary alicyclic amines) is 1. The third-order valence-corrected chi connectivity index (χ3v) is 3.98. The van der Waals surface area contributed by atoms with Crippen molar-refractivity contribution in [3.63, 3.8) is 0 Å². The molecule has 1 atom stereocenters. The molecule has 3 nitrogen and oxygen atoms in total. The first kappa shape index (κ1) is 15.1. The Kier molecular flexibility index (Phi) is 4.88. The molecule has 1 fully saturated rings. The third-order valence-electron chi connectivity index (χ3n) is 3.75. The molecule has 1 unspecified atom stereocenters. The van der Waals surface area contributed by atoms with Gasteiger partial charge in [0.25, 0.3) is 0 Å². The van der Waals surface area contributed by atoms with Crippen LogP contribution >= 0.6 is 12.2 Å². The van der Waals surface area contributed by atoms with Crippen molar-refractivity contribution in [2.45, 2.75) is 25.8 Å². The number of benzene rings is 1. The first-order valence-corrected chi connectivity index (χ1v) is 7.20. The van der Waals surface area contributed by atoms with Gasteiger partial charge in [-0.15, -0.1) is 0 Å². The lowest BCUT2D eigenvalue weighted by molar-refractivity contribution is 0.276. The number of rotatable bonds is 5. The zero-order valence-electron chi connectivity index (χ0n) is 11.5. The van der Waals surface area contributed by atoms with Gasteiger partial charge in [-0.2, -0.15) is 0 Å². The fourth-order valence-corrected chi connectivity index (χ4v) is 2.76. The van der Waals surface area contributed by atoms with Gasteiger partial charge in [0.2, 0.25) is 0 Å². The number of hydrogen-bond acceptors (Lipinski definition) is 3. The van der Waals surface area contributed by atoms with Crippen molar-refractivity contribution < 1.29 is 8.78 Å². The summed E-state index contributed by atoms with van der Waals surface area (Å²) >= 11 is 4.73. The maximum atomic E-state index is 13.9. The number of anilines is 1. The largest absolute Gasteiger partial charge is 0.389 e. The summed E-state index contributed by atoms with van der Waals surface area (Å²) in [5.74, 6) is -1.32. The van der Waals surface area contributed by atoms with Gasteiger partial charge in [0.15, 0.2) is 0 Å². The predicted molar refractivity (Wildman–Crippen MR) is 81.0 cm³/mol. The standard InChI is InChI=1S/C14H19F2N3S/c1-2-19-5-3-4-10(19)8-18-13-11(15)6-9(14(17)20)7-12(13)16/h6-7,10,18H,2-5,8H2,1H3,(H2,17,20). The minimum Gasteiger partial charge on any atom is -0.389 e. The molecule has 1 aromatic carbocycles. The summed E-state index contributed by atoms with van der Waals surface area (Å²) in [5.41, 5.74) is 5.48. The van der Waals surface area contributed by atoms with Gasteiger partial charge in [0.05, 0.1) is 0 Å². The Morgan fingerprint density at radius 3 is 2.65 bits per heavy atom. The van der Waals surface area contributed by atoms with Gasteiger partial charge >= 0.3 is 0 Å². The molecule has 0 aliphatic carbocycles. The molecule has 1 aliphatic rings. The molecule has 20 heavy (non-hydrogen) atoms. The highest BCUT2D eigenvalue weighted by Gasteiger charge is 2.23. The summed E-state index contributed by atoms with van der Waals surface area (Å²) in [4.78, 5) is 2.30. The Balaban J connectivity index is 2.08. The van der Waals surface area contributed by atoms with Crippen LogP contribution in [0.3, 0.4) is 0 Å². The highest BCUT2D eigenvalue weighted by atomic mass is 32.1. The monoisotopic (exact) mass is 299 g/mol. The van der Waals surface area contributed by atoms with Crippen LogP contribution in [0.1, 0.15) is 25.3 Å². The average Bonchev–Trinajstić information content (AvgIpc) is 2.84. The molecule has 0 saturated carbocycles. The van der Waals surface area contributed by atoms with E-state index in [1.54, 1.807) is 0 Å². The Bertz CT molecular complexity index is 484. The molecular weight excluding hydrogens is 280 g/mol. The molecular formula is C14H19F2N3S. The van der Waals surface area contributed by atoms with Crippen molar-refractivity contribution in [2.24, 2.45) is 5.73 Å². The van der Waals surface area contributed by atoms with E-state index in [9.17, 15) is 8.78 Å². The summed E-state index contributed by atoms with van der Waals surface area (Å²) in [6.07, 6.45) is 2.18. The first-order chi connectivity index (χ1) is 9.52. The number of likely N-dealkylation sites (N-methyl/N-ethyl adjacent to an activating group) is 1. The van der Waals surface area contributed by atoms with Gasteiger partial charge < -0.3 is 11.1 Å². The van der Waals surface area contributed by atoms with Crippen LogP contribution in [-0.4, -0.2) is 35.6 Å². The van der Waals surface area contributed by atoms with Crippen molar-refractivity contribution in [3.8, 4) is 0 Å². The molecule has 1 aliphatic heterocycles. The zero-order valence-corrected chi connectivity index (χ0v) is 12.3. The van der Waals surface area contributed by atoms with Gasteiger partial charge in [-0.1, -0.05) is 19.1 Å². The number of nitrogens with two attached hydrogens (primary N) is 1. The molecule has 1 saturated heterocycles. The lowest BCUT2D eigenvalue weighted by atomic mass is 10.1. The van der Waals surface area contributed by atoms with E-state index in [0.29, 0.717) is 12.6 Å². The summed E-state index contributed by atoms with van der Waals surface area (Å²) < 4.78 is 27.8. The Morgan fingerprint density at radius 2 is 2.10 bits per heavy atom. The molecule has 1 heterocycles. The molecule has 1 aromatic rings. The Morgan fingerprint density at radius 1 is 1.45 bits per heavy atom. The fourth-order valence-electron chi connectivity index (χ4n) is 2.65. The lowest BCUT2D eigenvalue weighted by Crippen LogP contribution is -2.35. The van der Waals surface area contributed by atoms with Gasteiger partial charge in [-0.3, -0.25) is 4.90 Å². The number of nitrogens with zero attached hydrogens (tertiary/aromatic N) is 1. The number of thiocarbonyl (C=S) groups is 1. The second-order valence-electron chi connectivity index (χ2n) is 4.98. The predicted octanol–water partition coefficient (Wildman–Crippen LogP) is 2.50. The number of halogens is 2. The van der Waals surface area contributed by atoms with Gasteiger partial charge in [0.1, 0.15) is 22.3 Å². The maximum Gasteiger partial charge on any atom is 0.150 e. The van der Waals surface area contributed by atoms with Crippen LogP contribution in [0.4, 0.5) is 14.5 Å². The van der Waals surface area contributed by atoms with Crippen LogP contribution < -0.4 is 11.1 Å². The van der Waals surface area contributed by atoms with Crippen molar-refractivity contribution in [3.05, 3.63) is 29.3 Å². The van der Waals surface area contributed by atoms with E-state index in [1.807, 2.05) is 0 Å². The quantitative estimate of drug-likeness (QED) is 0.820. The second kappa shape index (κ2) is 6.45. The minimum atomic E-state index is -0.658. The molecule has 2 rings (SSSR count). The van der Waals surface area contributed by atoms with Crippen molar-refractivity contribution in [2.75, 3.05) is 25.0 Å². The van der Waals surface area contributed by atoms with Crippen LogP contribution in [0.2, 0.25) is 0 Å². The van der Waals surface area contributed by atoms with Crippen molar-refractivity contribution in [1.29, 1.82) is 0 Å². The smallest absolute Gasteiger partial charge is 0.150 e. The molecule has 0 radical (unpaired) electrons. The van der Waals surface area contributed by atoms with E-state index >= 15 is 0 Å². The topological polar surface area (TPSA) is 41.3 Å². The van der Waals surface area contributed by atoms with E-state index in [-0.39, 0.29) is 16.2 Å². The van der Waals surface area contributed by atoms with E-state index < -0.39 is 11.6 Å². The minimum absolute atomic E-state index is 0.0118. The second-order valence-corrected chi connectivity index (χ2v) is 5.42. The molecule has 110 valence electrons. The molecule has 6 heteroatoms. The average molecular weight is 299 g/mol. The third kappa shape index (κ3) is 3.24. The Hall–Kier alpha value is -1.27. The zero-order chi connectivity index (χ0) is 14.7. The van der Waals surface area contributed by atoms with E-state index in [0.717, 1.165) is 25.9 Å². The van der Waals surface area contributed by atoms with E-state index in [2.05, 4.69) is 17.1 Å². The summed E-state index contributed by atoms with van der Waals surface area (Å²) in [7, 11) is 0. The maximum absolute atomic E-state index is 13.9. The lowest BCUT2D eigenvalue weighted by Gasteiger charge is -2.23. The molecule has 0 bridgehead atoms. The number of hydrogen-bond donors (Lipinski definition) is 2. The molecule has 0 spiro atoms. The molecule has 0 aromatic heterocycles. The van der Waals surface area contributed by atoms with Gasteiger partial charge in [-0.05, 0) is 38.1 Å². The van der Waals surface area contributed by atoms with Crippen LogP contribution in [-0.2, 0) is 0 Å². The highest BCUT2D eigenvalue weighted by Crippen LogP contribution is 2.23.